The summed E-state index contributed by atoms with van der Waals surface area (Å²) in [5, 5.41) is 11.8. The highest BCUT2D eigenvalue weighted by Crippen LogP contribution is 2.24. The quantitative estimate of drug-likeness (QED) is 0.0419. The van der Waals surface area contributed by atoms with Crippen molar-refractivity contribution in [3.05, 3.63) is 215 Å². The number of aryl methyl sites for hydroxylation is 9. The molecule has 6 aromatic heterocycles. The molecular formula is C72H96N12. The number of aromatic amines is 6. The second-order valence-corrected chi connectivity index (χ2v) is 19.4. The molecule has 84 heavy (non-hydrogen) atoms. The summed E-state index contributed by atoms with van der Waals surface area (Å²) in [5.74, 6) is 0. The first kappa shape index (κ1) is 34.3. The number of likely N-dealkylation sites (N-methyl/N-ethyl adjacent to an activating group) is 6. The standard InChI is InChI=1S/C13H18N2.4C12H16N2.C11H14N2/c1-10-4-5-13-12(8-10)11(9-14-13)6-7-15(2)3;2*1-9-3-4-12-11(7-9)10(8-14-12)5-6-13-2;2*1-14(2)8-7-10-9-13-12-6-4-3-5-11(10)12;1-12-7-6-9-8-13-11-5-3-2-4-10(9)11/h4-5,8-9,14H,6-7H2,1-3H3;2*3-4,7-8,13-14H,5-6H2,1-2H3;2*3-6,9,13H,7-8H2,1-2H3;2-5,8,12-13H,6-7H2,1H3/i2D3,6D2,7D2;2*6D2;1D3,7D2,8D2;1D3,8D2;1D3,6D2,7D2. The first-order chi connectivity index (χ1) is 52.2. The maximum atomic E-state index is 8.23. The van der Waals surface area contributed by atoms with Crippen LogP contribution in [0.25, 0.3) is 65.4 Å². The van der Waals surface area contributed by atoms with Gasteiger partial charge in [-0.3, -0.25) is 0 Å². The molecule has 0 aliphatic rings. The molecular weight excluding hydrogens is 1030 g/mol. The van der Waals surface area contributed by atoms with Gasteiger partial charge in [-0.2, -0.15) is 0 Å². The van der Waals surface area contributed by atoms with Crippen LogP contribution in [0.4, 0.5) is 0 Å². The Balaban J connectivity index is 0.000000190. The van der Waals surface area contributed by atoms with Crippen molar-refractivity contribution in [3.63, 3.8) is 0 Å². The Kier molecular flexibility index (Phi) is 13.5. The highest BCUT2D eigenvalue weighted by molar-refractivity contribution is 5.87. The molecule has 0 amide bonds. The van der Waals surface area contributed by atoms with E-state index in [2.05, 4.69) is 64.8 Å². The number of fused-ring (bicyclic) bond motifs is 6. The molecule has 0 bridgehead atoms. The lowest BCUT2D eigenvalue weighted by atomic mass is 10.1. The fourth-order valence-corrected chi connectivity index (χ4v) is 8.80. The van der Waals surface area contributed by atoms with Crippen LogP contribution in [0.15, 0.2) is 165 Å². The minimum atomic E-state index is -2.77. The molecule has 0 unspecified atom stereocenters. The summed E-state index contributed by atoms with van der Waals surface area (Å²) < 4.78 is 230. The maximum Gasteiger partial charge on any atom is 0.0456 e. The lowest BCUT2D eigenvalue weighted by Crippen LogP contribution is -2.14. The Hall–Kier alpha value is -7.68. The van der Waals surface area contributed by atoms with Crippen molar-refractivity contribution in [2.24, 2.45) is 0 Å². The Morgan fingerprint density at radius 1 is 0.357 bits per heavy atom. The maximum absolute atomic E-state index is 8.23. The van der Waals surface area contributed by atoms with Crippen molar-refractivity contribution in [3.8, 4) is 0 Å². The van der Waals surface area contributed by atoms with E-state index < -0.39 is 86.0 Å². The molecule has 6 heterocycles. The third-order valence-corrected chi connectivity index (χ3v) is 12.9. The van der Waals surface area contributed by atoms with Gasteiger partial charge in [-0.05, 0) is 230 Å². The van der Waals surface area contributed by atoms with Gasteiger partial charge in [0.2, 0.25) is 0 Å². The van der Waals surface area contributed by atoms with Gasteiger partial charge < -0.3 is 60.6 Å². The Morgan fingerprint density at radius 2 is 0.679 bits per heavy atom. The number of para-hydroxylation sites is 3. The monoisotopic (exact) mass is 1160 g/mol. The number of rotatable bonds is 18. The molecule has 0 atom stereocenters. The van der Waals surface area contributed by atoms with Crippen molar-refractivity contribution in [2.45, 2.75) is 59.2 Å². The lowest BCUT2D eigenvalue weighted by molar-refractivity contribution is 0.414. The van der Waals surface area contributed by atoms with Crippen LogP contribution < -0.4 is 16.0 Å². The topological polar surface area (TPSA) is 141 Å². The third kappa shape index (κ3) is 18.9. The molecule has 12 heteroatoms. The smallest absolute Gasteiger partial charge is 0.0456 e. The van der Waals surface area contributed by atoms with E-state index in [-0.39, 0.29) is 23.1 Å². The molecule has 12 aromatic rings. The molecule has 6 aromatic carbocycles. The number of H-pyrrole nitrogens is 6. The molecule has 444 valence electrons. The predicted octanol–water partition coefficient (Wildman–Crippen LogP) is 13.5. The van der Waals surface area contributed by atoms with Crippen LogP contribution in [0, 0.1) is 20.8 Å². The average molecular weight is 1160 g/mol. The van der Waals surface area contributed by atoms with Gasteiger partial charge in [0, 0.05) is 163 Å². The van der Waals surface area contributed by atoms with Crippen molar-refractivity contribution in [2.75, 3.05) is 102 Å². The fourth-order valence-electron chi connectivity index (χ4n) is 8.80. The summed E-state index contributed by atoms with van der Waals surface area (Å²) in [6, 6.07) is 39.1. The zero-order valence-corrected chi connectivity index (χ0v) is 48.6. The molecule has 0 saturated carbocycles. The number of benzene rings is 6. The van der Waals surface area contributed by atoms with Gasteiger partial charge in [0.25, 0.3) is 0 Å². The molecule has 9 N–H and O–H groups in total. The molecule has 12 rings (SSSR count). The van der Waals surface area contributed by atoms with Gasteiger partial charge >= 0.3 is 0 Å². The van der Waals surface area contributed by atoms with E-state index in [4.69, 9.17) is 41.1 Å². The Morgan fingerprint density at radius 3 is 1.07 bits per heavy atom. The normalized spacial score (nSPS) is 18.6. The number of nitrogens with zero attached hydrogens (tertiary/aromatic N) is 3. The van der Waals surface area contributed by atoms with Gasteiger partial charge in [0.1, 0.15) is 0 Å². The largest absolute Gasteiger partial charge is 0.361 e. The van der Waals surface area contributed by atoms with Gasteiger partial charge in [0.15, 0.2) is 0 Å². The summed E-state index contributed by atoms with van der Waals surface area (Å²) in [6.45, 7) is -17.6. The number of aromatic nitrogens is 6. The van der Waals surface area contributed by atoms with Crippen LogP contribution in [-0.2, 0) is 38.4 Å². The van der Waals surface area contributed by atoms with E-state index in [9.17, 15) is 0 Å². The van der Waals surface area contributed by atoms with Crippen molar-refractivity contribution >= 4 is 65.4 Å². The highest BCUT2D eigenvalue weighted by Gasteiger charge is 2.08. The highest BCUT2D eigenvalue weighted by atomic mass is 15.1. The van der Waals surface area contributed by atoms with E-state index >= 15 is 0 Å². The second kappa shape index (κ2) is 33.0. The van der Waals surface area contributed by atoms with Gasteiger partial charge in [0.05, 0.1) is 0 Å². The lowest BCUT2D eigenvalue weighted by Gasteiger charge is -2.08. The molecule has 0 radical (unpaired) electrons. The number of nitrogens with one attached hydrogen (secondary N) is 9. The summed E-state index contributed by atoms with van der Waals surface area (Å²) in [7, 11) is 6.67. The molecule has 0 aliphatic heterocycles. The van der Waals surface area contributed by atoms with E-state index in [0.717, 1.165) is 74.0 Å². The first-order valence-electron chi connectivity index (χ1n) is 42.0. The molecule has 0 spiro atoms. The molecule has 0 saturated heterocycles. The van der Waals surface area contributed by atoms with Gasteiger partial charge in [-0.25, -0.2) is 0 Å². The second-order valence-electron chi connectivity index (χ2n) is 19.4. The van der Waals surface area contributed by atoms with Crippen molar-refractivity contribution in [1.29, 1.82) is 0 Å². The minimum Gasteiger partial charge on any atom is -0.361 e. The van der Waals surface area contributed by atoms with E-state index in [0.29, 0.717) is 55.4 Å². The van der Waals surface area contributed by atoms with Crippen LogP contribution in [-0.4, -0.2) is 147 Å². The summed E-state index contributed by atoms with van der Waals surface area (Å²) in [4.78, 5) is 19.7. The zero-order valence-electron chi connectivity index (χ0n) is 78.6. The Labute approximate surface area is 542 Å². The van der Waals surface area contributed by atoms with E-state index in [1.54, 1.807) is 86.3 Å². The number of hydrogen-bond acceptors (Lipinski definition) is 6. The SMILES string of the molecule is [2H]C([2H])(Cc1c[nH]c2ccc(C)cc12)NC.[2H]C([2H])(Cc1c[nH]c2ccc(C)cc12)NC.[2H]C([2H])([2H])N(C)C([2H])([2H])C([2H])([2H])c1c[nH]c2ccc(C)cc12.[2H]C([2H])([2H])N(C)C([2H])([2H])C([2H])([2H])c1c[nH]c2ccccc12.[2H]C([2H])([2H])N(C)C([2H])([2H])Cc1c[nH]c2ccccc12.[2H]C([2H])([2H])NC([2H])([2H])C([2H])([2H])c1c[nH]c2ccccc12. The van der Waals surface area contributed by atoms with Gasteiger partial charge in [-0.1, -0.05) is 89.5 Å². The minimum absolute atomic E-state index is 0.0197. The fraction of sp³-hybridized carbons (Fsp3) is 0.333. The van der Waals surface area contributed by atoms with E-state index in [1.807, 2.05) is 75.6 Å². The first-order valence-corrected chi connectivity index (χ1v) is 27.0. The number of hydrogen-bond donors (Lipinski definition) is 9. The summed E-state index contributed by atoms with van der Waals surface area (Å²) in [6.07, 6.45) is 2.88. The van der Waals surface area contributed by atoms with Crippen LogP contribution in [0.1, 0.15) is 91.2 Å². The zero-order chi connectivity index (χ0) is 85.9. The van der Waals surface area contributed by atoms with Crippen molar-refractivity contribution < 1.29 is 41.1 Å². The molecule has 0 aliphatic carbocycles. The van der Waals surface area contributed by atoms with Crippen LogP contribution in [0.3, 0.4) is 0 Å². The Bertz CT molecular complexity index is 5070. The molecule has 0 fully saturated rings. The predicted molar refractivity (Wildman–Crippen MR) is 364 cm³/mol. The van der Waals surface area contributed by atoms with Gasteiger partial charge in [-0.15, -0.1) is 0 Å². The van der Waals surface area contributed by atoms with Crippen molar-refractivity contribution in [1.82, 2.24) is 60.6 Å². The third-order valence-electron chi connectivity index (χ3n) is 12.9. The van der Waals surface area contributed by atoms with E-state index in [1.165, 1.54) is 36.8 Å². The average Bonchev–Trinajstić information content (AvgIpc) is 1.34. The van der Waals surface area contributed by atoms with Crippen LogP contribution >= 0.6 is 0 Å². The molecule has 12 nitrogen and oxygen atoms in total. The van der Waals surface area contributed by atoms with Crippen LogP contribution in [0.5, 0.6) is 0 Å². The van der Waals surface area contributed by atoms with Crippen LogP contribution in [0.2, 0.25) is 0 Å². The summed E-state index contributed by atoms with van der Waals surface area (Å²) >= 11 is 0. The summed E-state index contributed by atoms with van der Waals surface area (Å²) in [5.41, 5.74) is 11.4.